The molecule has 0 N–H and O–H groups in total. The maximum atomic E-state index is 12.6. The minimum absolute atomic E-state index is 0.105. The number of rotatable bonds is 3. The predicted octanol–water partition coefficient (Wildman–Crippen LogP) is 3.41. The Morgan fingerprint density at radius 2 is 2.00 bits per heavy atom. The molecule has 3 rings (SSSR count). The molecule has 0 bridgehead atoms. The molecule has 108 valence electrons. The summed E-state index contributed by atoms with van der Waals surface area (Å²) in [6.45, 7) is 4.33. The van der Waals surface area contributed by atoms with Gasteiger partial charge in [-0.05, 0) is 38.1 Å². The van der Waals surface area contributed by atoms with Crippen LogP contribution in [-0.4, -0.2) is 16.3 Å². The molecular formula is C16H14ClNO3. The molecule has 2 aromatic rings. The van der Waals surface area contributed by atoms with E-state index in [0.717, 1.165) is 5.69 Å². The average molecular weight is 304 g/mol. The SMILES string of the molecule is CCn1c(C(=O)c2ccc(Cl)cc2)cc2c1C(C)C(=O)O2. The van der Waals surface area contributed by atoms with Gasteiger partial charge in [0.15, 0.2) is 5.75 Å². The fraction of sp³-hybridized carbons (Fsp3) is 0.250. The molecule has 2 heterocycles. The van der Waals surface area contributed by atoms with Crippen molar-refractivity contribution in [2.24, 2.45) is 0 Å². The van der Waals surface area contributed by atoms with Crippen molar-refractivity contribution in [3.63, 3.8) is 0 Å². The number of carbonyl (C=O) groups excluding carboxylic acids is 2. The highest BCUT2D eigenvalue weighted by Gasteiger charge is 2.35. The van der Waals surface area contributed by atoms with Crippen molar-refractivity contribution >= 4 is 23.4 Å². The molecule has 0 saturated heterocycles. The Kier molecular flexibility index (Phi) is 3.33. The average Bonchev–Trinajstić information content (AvgIpc) is 2.96. The number of esters is 1. The lowest BCUT2D eigenvalue weighted by Gasteiger charge is -2.10. The van der Waals surface area contributed by atoms with Gasteiger partial charge in [0.25, 0.3) is 0 Å². The Labute approximate surface area is 127 Å². The van der Waals surface area contributed by atoms with E-state index in [2.05, 4.69) is 0 Å². The van der Waals surface area contributed by atoms with E-state index in [9.17, 15) is 9.59 Å². The van der Waals surface area contributed by atoms with Crippen molar-refractivity contribution in [3.05, 3.63) is 52.3 Å². The summed E-state index contributed by atoms with van der Waals surface area (Å²) >= 11 is 5.84. The molecule has 1 aromatic carbocycles. The summed E-state index contributed by atoms with van der Waals surface area (Å²) in [5, 5.41) is 0.586. The van der Waals surface area contributed by atoms with Gasteiger partial charge in [-0.15, -0.1) is 0 Å². The zero-order chi connectivity index (χ0) is 15.1. The number of benzene rings is 1. The van der Waals surface area contributed by atoms with Gasteiger partial charge in [-0.3, -0.25) is 9.59 Å². The van der Waals surface area contributed by atoms with Crippen molar-refractivity contribution in [2.45, 2.75) is 26.3 Å². The largest absolute Gasteiger partial charge is 0.424 e. The fourth-order valence-electron chi connectivity index (χ4n) is 2.65. The summed E-state index contributed by atoms with van der Waals surface area (Å²) in [5.41, 5.74) is 1.87. The van der Waals surface area contributed by atoms with E-state index in [-0.39, 0.29) is 17.7 Å². The van der Waals surface area contributed by atoms with E-state index in [1.165, 1.54) is 0 Å². The second-order valence-corrected chi connectivity index (χ2v) is 5.44. The second kappa shape index (κ2) is 5.04. The van der Waals surface area contributed by atoms with Crippen LogP contribution < -0.4 is 4.74 Å². The van der Waals surface area contributed by atoms with Crippen molar-refractivity contribution in [2.75, 3.05) is 0 Å². The maximum Gasteiger partial charge on any atom is 0.320 e. The first kappa shape index (κ1) is 13.9. The lowest BCUT2D eigenvalue weighted by Crippen LogP contribution is -2.15. The number of ether oxygens (including phenoxy) is 1. The first-order chi connectivity index (χ1) is 10.0. The van der Waals surface area contributed by atoms with Gasteiger partial charge in [-0.2, -0.15) is 0 Å². The highest BCUT2D eigenvalue weighted by atomic mass is 35.5. The van der Waals surface area contributed by atoms with Crippen molar-refractivity contribution in [1.29, 1.82) is 0 Å². The van der Waals surface area contributed by atoms with Crippen LogP contribution in [0.15, 0.2) is 30.3 Å². The zero-order valence-electron chi connectivity index (χ0n) is 11.7. The number of hydrogen-bond donors (Lipinski definition) is 0. The van der Waals surface area contributed by atoms with Crippen LogP contribution in [0.1, 0.15) is 41.5 Å². The molecule has 0 spiro atoms. The normalized spacial score (nSPS) is 16.7. The molecular weight excluding hydrogens is 290 g/mol. The topological polar surface area (TPSA) is 48.3 Å². The highest BCUT2D eigenvalue weighted by molar-refractivity contribution is 6.30. The summed E-state index contributed by atoms with van der Waals surface area (Å²) in [5.74, 6) is -0.225. The summed E-state index contributed by atoms with van der Waals surface area (Å²) < 4.78 is 7.06. The van der Waals surface area contributed by atoms with Gasteiger partial charge < -0.3 is 9.30 Å². The Morgan fingerprint density at radius 3 is 2.62 bits per heavy atom. The second-order valence-electron chi connectivity index (χ2n) is 5.00. The third-order valence-electron chi connectivity index (χ3n) is 3.73. The number of carbonyl (C=O) groups is 2. The molecule has 1 unspecified atom stereocenters. The monoisotopic (exact) mass is 303 g/mol. The van der Waals surface area contributed by atoms with Crippen LogP contribution in [0.3, 0.4) is 0 Å². The number of fused-ring (bicyclic) bond motifs is 1. The standard InChI is InChI=1S/C16H14ClNO3/c1-3-18-12(8-13-14(18)9(2)16(20)21-13)15(19)10-4-6-11(17)7-5-10/h4-9H,3H2,1-2H3. The zero-order valence-corrected chi connectivity index (χ0v) is 12.5. The molecule has 5 heteroatoms. The van der Waals surface area contributed by atoms with Crippen LogP contribution in [0, 0.1) is 0 Å². The summed E-state index contributed by atoms with van der Waals surface area (Å²) in [6, 6.07) is 8.41. The molecule has 0 aliphatic carbocycles. The van der Waals surface area contributed by atoms with Gasteiger partial charge in [0.1, 0.15) is 0 Å². The van der Waals surface area contributed by atoms with E-state index in [4.69, 9.17) is 16.3 Å². The predicted molar refractivity (Wildman–Crippen MR) is 79.0 cm³/mol. The van der Waals surface area contributed by atoms with Gasteiger partial charge in [0.05, 0.1) is 17.3 Å². The molecule has 0 amide bonds. The minimum Gasteiger partial charge on any atom is -0.424 e. The van der Waals surface area contributed by atoms with Crippen LogP contribution >= 0.6 is 11.6 Å². The van der Waals surface area contributed by atoms with Gasteiger partial charge in [-0.1, -0.05) is 11.6 Å². The minimum atomic E-state index is -0.341. The van der Waals surface area contributed by atoms with Crippen molar-refractivity contribution in [3.8, 4) is 5.75 Å². The van der Waals surface area contributed by atoms with Crippen LogP contribution in [0.5, 0.6) is 5.75 Å². The lowest BCUT2D eigenvalue weighted by atomic mass is 10.1. The Balaban J connectivity index is 2.06. The van der Waals surface area contributed by atoms with E-state index in [1.807, 2.05) is 11.5 Å². The molecule has 1 aromatic heterocycles. The van der Waals surface area contributed by atoms with Gasteiger partial charge >= 0.3 is 5.97 Å². The highest BCUT2D eigenvalue weighted by Crippen LogP contribution is 2.38. The first-order valence-corrected chi connectivity index (χ1v) is 7.16. The molecule has 1 aliphatic heterocycles. The number of aromatic nitrogens is 1. The molecule has 4 nitrogen and oxygen atoms in total. The third-order valence-corrected chi connectivity index (χ3v) is 3.98. The molecule has 0 radical (unpaired) electrons. The lowest BCUT2D eigenvalue weighted by molar-refractivity contribution is -0.133. The number of hydrogen-bond acceptors (Lipinski definition) is 3. The van der Waals surface area contributed by atoms with Crippen LogP contribution in [-0.2, 0) is 11.3 Å². The summed E-state index contributed by atoms with van der Waals surface area (Å²) in [4.78, 5) is 24.2. The number of ketones is 1. The van der Waals surface area contributed by atoms with Gasteiger partial charge in [0, 0.05) is 23.2 Å². The Morgan fingerprint density at radius 1 is 1.33 bits per heavy atom. The van der Waals surface area contributed by atoms with Gasteiger partial charge in [0.2, 0.25) is 5.78 Å². The first-order valence-electron chi connectivity index (χ1n) is 6.78. The number of halogens is 1. The van der Waals surface area contributed by atoms with Crippen molar-refractivity contribution in [1.82, 2.24) is 4.57 Å². The van der Waals surface area contributed by atoms with E-state index in [1.54, 1.807) is 37.3 Å². The Hall–Kier alpha value is -2.07. The quantitative estimate of drug-likeness (QED) is 0.645. The van der Waals surface area contributed by atoms with Crippen LogP contribution in [0.4, 0.5) is 0 Å². The van der Waals surface area contributed by atoms with E-state index < -0.39 is 0 Å². The van der Waals surface area contributed by atoms with Crippen LogP contribution in [0.25, 0.3) is 0 Å². The maximum absolute atomic E-state index is 12.6. The molecule has 0 saturated carbocycles. The molecule has 21 heavy (non-hydrogen) atoms. The summed E-state index contributed by atoms with van der Waals surface area (Å²) in [7, 11) is 0. The summed E-state index contributed by atoms with van der Waals surface area (Å²) in [6.07, 6.45) is 0. The molecule has 0 fully saturated rings. The number of nitrogens with zero attached hydrogens (tertiary/aromatic N) is 1. The molecule has 1 atom stereocenters. The molecule has 1 aliphatic rings. The Bertz CT molecular complexity index is 731. The van der Waals surface area contributed by atoms with Crippen LogP contribution in [0.2, 0.25) is 5.02 Å². The van der Waals surface area contributed by atoms with Gasteiger partial charge in [-0.25, -0.2) is 0 Å². The fourth-order valence-corrected chi connectivity index (χ4v) is 2.78. The smallest absolute Gasteiger partial charge is 0.320 e. The third kappa shape index (κ3) is 2.16. The van der Waals surface area contributed by atoms with E-state index in [0.29, 0.717) is 28.6 Å². The van der Waals surface area contributed by atoms with E-state index >= 15 is 0 Å². The van der Waals surface area contributed by atoms with Crippen molar-refractivity contribution < 1.29 is 14.3 Å².